The van der Waals surface area contributed by atoms with Crippen molar-refractivity contribution in [1.82, 2.24) is 28.7 Å². The van der Waals surface area contributed by atoms with E-state index < -0.39 is 29.5 Å². The molecule has 15 heteroatoms. The maximum Gasteiger partial charge on any atom is 0.210 e. The molecule has 28 aromatic rings. The van der Waals surface area contributed by atoms with Crippen LogP contribution in [0.1, 0.15) is 0 Å². The van der Waals surface area contributed by atoms with Crippen molar-refractivity contribution < 1.29 is 25.3 Å². The number of fused-ring (bicyclic) bond motifs is 15. The molecular weight excluding hydrogens is 1900 g/mol. The molecule has 0 saturated heterocycles. The molecule has 6 heterocycles. The van der Waals surface area contributed by atoms with Gasteiger partial charge in [0, 0.05) is 16.7 Å². The molecule has 3 aliphatic heterocycles. The highest BCUT2D eigenvalue weighted by Gasteiger charge is 2.39. The van der Waals surface area contributed by atoms with Crippen molar-refractivity contribution >= 4 is 160 Å². The van der Waals surface area contributed by atoms with Gasteiger partial charge in [0.05, 0.1) is 79.5 Å². The average molecular weight is 1980 g/mol. The Bertz CT molecular complexity index is 11100. The first-order valence-electron chi connectivity index (χ1n) is 50.0. The van der Waals surface area contributed by atoms with Crippen LogP contribution in [0.5, 0.6) is 0 Å². The van der Waals surface area contributed by atoms with Crippen LogP contribution >= 0.6 is 0 Å². The van der Waals surface area contributed by atoms with Crippen LogP contribution in [-0.4, -0.2) is 53.9 Å². The fourth-order valence-corrected chi connectivity index (χ4v) is 28.6. The zero-order chi connectivity index (χ0) is 99.9. The number of para-hydroxylation sites is 6. The van der Waals surface area contributed by atoms with Gasteiger partial charge >= 0.3 is 0 Å². The second kappa shape index (κ2) is 34.1. The first-order chi connectivity index (χ1) is 73.7. The summed E-state index contributed by atoms with van der Waals surface area (Å²) in [6.45, 7) is 0. The summed E-state index contributed by atoms with van der Waals surface area (Å²) in [7, 11) is -11.1. The van der Waals surface area contributed by atoms with Crippen molar-refractivity contribution in [2.45, 2.75) is 29.4 Å². The highest BCUT2D eigenvalue weighted by atomic mass is 32.2. The van der Waals surface area contributed by atoms with Crippen LogP contribution < -0.4 is 0 Å². The Morgan fingerprint density at radius 2 is 0.373 bits per heavy atom. The van der Waals surface area contributed by atoms with Crippen LogP contribution in [0.2, 0.25) is 0 Å². The molecule has 0 bridgehead atoms. The lowest BCUT2D eigenvalue weighted by atomic mass is 9.84. The average Bonchev–Trinajstić information content (AvgIpc) is 1.53. The zero-order valence-corrected chi connectivity index (χ0v) is 82.6. The Kier molecular flexibility index (Phi) is 19.9. The second-order valence-corrected chi connectivity index (χ2v) is 44.3. The third kappa shape index (κ3) is 13.6. The summed E-state index contributed by atoms with van der Waals surface area (Å²) in [6.07, 6.45) is 0. The third-order valence-corrected chi connectivity index (χ3v) is 35.8. The number of hydrogen-bond donors (Lipinski definition) is 0. The highest BCUT2D eigenvalue weighted by molar-refractivity contribution is 7.92. The van der Waals surface area contributed by atoms with Gasteiger partial charge in [-0.25, -0.2) is 40.2 Å². The SMILES string of the molecule is O=S1(=O)c2ccccc2-n2c(-c3ccc4c(-c5ccc6ccccc6c5)c5ccccc5c(-c5ccc6ccccc6c5)c4c3)nc3cccc1c32.O=S1(=O)c2ccccc2-n2c(-c3ccc4c(-c5ccccc5)c5ccccc5c(-c5ccc6ccccc6c5)c4c3)nc3cccc1c32.O=S1(=O)c2ccccc2-n2c(-c3ccc4c(-c5ccccc5)c5ccccc5c(-c5cccc(-c6ccccc6)c5)c4c3)nc3cccc1c32. The Hall–Kier alpha value is -18.9. The summed E-state index contributed by atoms with van der Waals surface area (Å²) < 4.78 is 88.8. The topological polar surface area (TPSA) is 156 Å². The minimum Gasteiger partial charge on any atom is -0.290 e. The van der Waals surface area contributed by atoms with Gasteiger partial charge in [0.25, 0.3) is 0 Å². The number of rotatable bonds is 10. The van der Waals surface area contributed by atoms with Crippen molar-refractivity contribution in [1.29, 1.82) is 0 Å². The van der Waals surface area contributed by atoms with Gasteiger partial charge in [0.1, 0.15) is 17.5 Å². The maximum atomic E-state index is 13.8. The van der Waals surface area contributed by atoms with Crippen LogP contribution in [0.25, 0.3) is 259 Å². The summed E-state index contributed by atoms with van der Waals surface area (Å²) in [5.74, 6) is 2.12. The Balaban J connectivity index is 0.000000106. The summed E-state index contributed by atoms with van der Waals surface area (Å²) >= 11 is 0. The van der Waals surface area contributed by atoms with Crippen molar-refractivity contribution in [3.05, 3.63) is 497 Å². The lowest BCUT2D eigenvalue weighted by molar-refractivity contribution is 0.593. The fraction of sp³-hybridized carbons (Fsp3) is 0. The first-order valence-corrected chi connectivity index (χ1v) is 54.4. The number of imidazole rings is 3. The molecule has 3 aliphatic rings. The van der Waals surface area contributed by atoms with E-state index in [0.29, 0.717) is 72.5 Å². The van der Waals surface area contributed by atoms with E-state index in [1.54, 1.807) is 72.8 Å². The quantitative estimate of drug-likeness (QED) is 0.122. The summed E-state index contributed by atoms with van der Waals surface area (Å²) in [5, 5.41) is 21.0. The fourth-order valence-electron chi connectivity index (χ4n) is 23.7. The molecule has 0 fully saturated rings. The van der Waals surface area contributed by atoms with Crippen LogP contribution in [-0.2, 0) is 29.5 Å². The van der Waals surface area contributed by atoms with Crippen LogP contribution in [0.15, 0.2) is 527 Å². The molecule has 0 saturated carbocycles. The maximum absolute atomic E-state index is 13.8. The van der Waals surface area contributed by atoms with E-state index >= 15 is 0 Å². The highest BCUT2D eigenvalue weighted by Crippen LogP contribution is 2.54. The third-order valence-electron chi connectivity index (χ3n) is 30.3. The van der Waals surface area contributed by atoms with Crippen LogP contribution in [0.3, 0.4) is 0 Å². The van der Waals surface area contributed by atoms with E-state index in [4.69, 9.17) is 15.0 Å². The molecule has 0 aliphatic carbocycles. The zero-order valence-electron chi connectivity index (χ0n) is 80.2. The van der Waals surface area contributed by atoms with Gasteiger partial charge in [-0.1, -0.05) is 382 Å². The molecule has 0 unspecified atom stereocenters. The number of aromatic nitrogens is 6. The van der Waals surface area contributed by atoms with E-state index in [1.807, 2.05) is 74.4 Å². The van der Waals surface area contributed by atoms with E-state index in [9.17, 15) is 25.3 Å². The van der Waals surface area contributed by atoms with Gasteiger partial charge in [0.15, 0.2) is 0 Å². The molecule has 3 aromatic heterocycles. The molecule has 31 rings (SSSR count). The molecule has 0 spiro atoms. The van der Waals surface area contributed by atoms with Gasteiger partial charge in [0.2, 0.25) is 29.5 Å². The first kappa shape index (κ1) is 87.7. The summed E-state index contributed by atoms with van der Waals surface area (Å²) in [6, 6.07) is 170. The number of hydrogen-bond acceptors (Lipinski definition) is 9. The van der Waals surface area contributed by atoms with Gasteiger partial charge in [-0.2, -0.15) is 0 Å². The van der Waals surface area contributed by atoms with E-state index in [0.717, 1.165) is 116 Å². The van der Waals surface area contributed by atoms with Crippen molar-refractivity contribution in [3.63, 3.8) is 0 Å². The normalized spacial score (nSPS) is 13.3. The second-order valence-electron chi connectivity index (χ2n) is 38.6. The van der Waals surface area contributed by atoms with Crippen molar-refractivity contribution in [3.8, 4) is 129 Å². The lowest BCUT2D eigenvalue weighted by Crippen LogP contribution is -2.14. The van der Waals surface area contributed by atoms with Gasteiger partial charge in [-0.3, -0.25) is 13.7 Å². The predicted octanol–water partition coefficient (Wildman–Crippen LogP) is 33.6. The minimum atomic E-state index is -3.71. The molecule has 0 radical (unpaired) electrons. The Labute approximate surface area is 862 Å². The van der Waals surface area contributed by atoms with Gasteiger partial charge < -0.3 is 0 Å². The molecule has 12 nitrogen and oxygen atoms in total. The standard InChI is InChI=1S/C47H28N2O2S.C45H28N2O2S.C43H26N2O2S/c50-52(51)42-18-8-7-17-41(42)49-46-40(16-9-19-43(46)52)48-47(49)35-24-25-38-39(28-35)45(34-23-21-30-11-2-4-13-32(30)27-34)37-15-6-5-14-36(37)44(38)33-22-20-29-10-1-3-12-31(29)26-33;48-50(49)40-23-10-9-22-39(40)47-44-38(21-12-24-41(44)50)46-45(47)33-25-26-36-37(28-33)43(32-18-11-17-31(27-32)29-13-3-1-4-14-29)35-20-8-7-19-34(35)42(36)30-15-5-2-6-16-30;46-48(47)38-19-9-8-18-37(38)45-42-36(17-10-20-39(42)48)44-43(45)31-23-24-34-35(26-31)41(30-22-21-27-11-4-5-14-29(27)25-30)33-16-7-6-15-32(33)40(34)28-12-2-1-3-13-28/h1-28H;1-28H;1-26H. The molecule has 706 valence electrons. The number of nitrogens with zero attached hydrogens (tertiary/aromatic N) is 6. The Morgan fingerprint density at radius 1 is 0.147 bits per heavy atom. The van der Waals surface area contributed by atoms with Crippen LogP contribution in [0, 0.1) is 0 Å². The Morgan fingerprint density at radius 3 is 0.700 bits per heavy atom. The molecule has 25 aromatic carbocycles. The summed E-state index contributed by atoms with van der Waals surface area (Å²) in [4.78, 5) is 17.1. The molecule has 0 N–H and O–H groups in total. The predicted molar refractivity (Wildman–Crippen MR) is 611 cm³/mol. The molecule has 150 heavy (non-hydrogen) atoms. The van der Waals surface area contributed by atoms with Gasteiger partial charge in [-0.15, -0.1) is 0 Å². The monoisotopic (exact) mass is 1980 g/mol. The number of benzene rings is 25. The number of sulfone groups is 3. The molecular formula is C135H82N6O6S3. The lowest BCUT2D eigenvalue weighted by Gasteiger charge is -2.21. The summed E-state index contributed by atoms with van der Waals surface area (Å²) in [5.41, 5.74) is 24.5. The minimum absolute atomic E-state index is 0.281. The van der Waals surface area contributed by atoms with E-state index in [-0.39, 0.29) is 24.5 Å². The molecule has 0 atom stereocenters. The van der Waals surface area contributed by atoms with Gasteiger partial charge in [-0.05, 0) is 290 Å². The van der Waals surface area contributed by atoms with Crippen molar-refractivity contribution in [2.75, 3.05) is 0 Å². The van der Waals surface area contributed by atoms with Crippen LogP contribution in [0.4, 0.5) is 0 Å². The molecule has 0 amide bonds. The van der Waals surface area contributed by atoms with E-state index in [2.05, 4.69) is 364 Å². The van der Waals surface area contributed by atoms with Crippen molar-refractivity contribution in [2.24, 2.45) is 0 Å². The largest absolute Gasteiger partial charge is 0.290 e. The smallest absolute Gasteiger partial charge is 0.210 e. The van der Waals surface area contributed by atoms with E-state index in [1.165, 1.54) is 75.9 Å².